The van der Waals surface area contributed by atoms with E-state index in [4.69, 9.17) is 5.73 Å². The lowest BCUT2D eigenvalue weighted by atomic mass is 9.70. The summed E-state index contributed by atoms with van der Waals surface area (Å²) >= 11 is 0. The van der Waals surface area contributed by atoms with Gasteiger partial charge in [0, 0.05) is 18.0 Å². The van der Waals surface area contributed by atoms with Gasteiger partial charge in [-0.05, 0) is 19.8 Å². The summed E-state index contributed by atoms with van der Waals surface area (Å²) in [6, 6.07) is 0.106. The van der Waals surface area contributed by atoms with Crippen molar-refractivity contribution in [3.63, 3.8) is 0 Å². The average molecular weight is 170 g/mol. The monoisotopic (exact) mass is 170 g/mol. The Morgan fingerprint density at radius 1 is 1.67 bits per heavy atom. The largest absolute Gasteiger partial charge is 0.352 e. The minimum atomic E-state index is -0.0938. The van der Waals surface area contributed by atoms with Gasteiger partial charge in [0.25, 0.3) is 0 Å². The number of amides is 1. The fourth-order valence-corrected chi connectivity index (χ4v) is 1.39. The van der Waals surface area contributed by atoms with Crippen molar-refractivity contribution in [2.75, 3.05) is 6.54 Å². The number of carbonyl (C=O) groups excluding carboxylic acids is 1. The quantitative estimate of drug-likeness (QED) is 0.653. The van der Waals surface area contributed by atoms with Crippen LogP contribution in [0.15, 0.2) is 0 Å². The molecular weight excluding hydrogens is 152 g/mol. The van der Waals surface area contributed by atoms with Crippen LogP contribution in [0.3, 0.4) is 0 Å². The van der Waals surface area contributed by atoms with E-state index in [1.54, 1.807) is 0 Å². The van der Waals surface area contributed by atoms with Crippen molar-refractivity contribution in [2.24, 2.45) is 11.1 Å². The molecule has 0 aromatic rings. The van der Waals surface area contributed by atoms with Crippen LogP contribution in [-0.2, 0) is 4.79 Å². The predicted octanol–water partition coefficient (Wildman–Crippen LogP) is 0.640. The van der Waals surface area contributed by atoms with Crippen molar-refractivity contribution >= 4 is 5.91 Å². The van der Waals surface area contributed by atoms with E-state index in [0.29, 0.717) is 6.54 Å². The third kappa shape index (κ3) is 1.78. The molecule has 3 N–H and O–H groups in total. The summed E-state index contributed by atoms with van der Waals surface area (Å²) in [7, 11) is 0. The number of nitrogens with one attached hydrogen (secondary N) is 1. The van der Waals surface area contributed by atoms with Crippen molar-refractivity contribution < 1.29 is 4.79 Å². The summed E-state index contributed by atoms with van der Waals surface area (Å²) in [5.74, 6) is 0.173. The summed E-state index contributed by atoms with van der Waals surface area (Å²) in [6.45, 7) is 4.47. The topological polar surface area (TPSA) is 55.1 Å². The van der Waals surface area contributed by atoms with Gasteiger partial charge in [0.1, 0.15) is 0 Å². The Morgan fingerprint density at radius 2 is 2.25 bits per heavy atom. The number of hydrogen-bond acceptors (Lipinski definition) is 2. The molecule has 0 bridgehead atoms. The fraction of sp³-hybridized carbons (Fsp3) is 0.889. The highest BCUT2D eigenvalue weighted by atomic mass is 16.2. The van der Waals surface area contributed by atoms with Crippen LogP contribution in [0.5, 0.6) is 0 Å². The molecule has 1 aliphatic rings. The standard InChI is InChI=1S/C9H18N2O/c1-7(6-10)11-8(12)9(2)4-3-5-9/h7H,3-6,10H2,1-2H3,(H,11,12)/t7-/m1/s1. The second-order valence-electron chi connectivity index (χ2n) is 4.02. The van der Waals surface area contributed by atoms with Gasteiger partial charge in [-0.15, -0.1) is 0 Å². The first kappa shape index (κ1) is 9.52. The molecule has 3 nitrogen and oxygen atoms in total. The second-order valence-corrected chi connectivity index (χ2v) is 4.02. The predicted molar refractivity (Wildman–Crippen MR) is 48.6 cm³/mol. The average Bonchev–Trinajstić information content (AvgIpc) is 1.99. The summed E-state index contributed by atoms with van der Waals surface area (Å²) in [6.07, 6.45) is 3.23. The zero-order valence-electron chi connectivity index (χ0n) is 7.89. The van der Waals surface area contributed by atoms with Gasteiger partial charge in [-0.1, -0.05) is 13.3 Å². The Bertz CT molecular complexity index is 175. The van der Waals surface area contributed by atoms with Crippen molar-refractivity contribution in [1.29, 1.82) is 0 Å². The molecule has 1 amide bonds. The van der Waals surface area contributed by atoms with E-state index >= 15 is 0 Å². The van der Waals surface area contributed by atoms with Gasteiger partial charge in [0.05, 0.1) is 0 Å². The first-order valence-corrected chi connectivity index (χ1v) is 4.59. The molecule has 1 fully saturated rings. The molecule has 0 aromatic carbocycles. The first-order valence-electron chi connectivity index (χ1n) is 4.59. The first-order chi connectivity index (χ1) is 5.58. The molecule has 0 saturated heterocycles. The maximum absolute atomic E-state index is 11.5. The molecular formula is C9H18N2O. The Labute approximate surface area is 73.7 Å². The molecule has 0 radical (unpaired) electrons. The summed E-state index contributed by atoms with van der Waals surface area (Å²) in [4.78, 5) is 11.5. The zero-order chi connectivity index (χ0) is 9.19. The lowest BCUT2D eigenvalue weighted by Gasteiger charge is -2.37. The third-order valence-electron chi connectivity index (χ3n) is 2.74. The number of nitrogens with two attached hydrogens (primary N) is 1. The molecule has 1 atom stereocenters. The van der Waals surface area contributed by atoms with Crippen molar-refractivity contribution in [1.82, 2.24) is 5.32 Å². The van der Waals surface area contributed by atoms with Crippen molar-refractivity contribution in [3.8, 4) is 0 Å². The second kappa shape index (κ2) is 3.44. The normalized spacial score (nSPS) is 22.6. The molecule has 0 aromatic heterocycles. The van der Waals surface area contributed by atoms with Crippen LogP contribution in [0, 0.1) is 5.41 Å². The van der Waals surface area contributed by atoms with Crippen molar-refractivity contribution in [2.45, 2.75) is 39.2 Å². The molecule has 1 rings (SSSR count). The summed E-state index contributed by atoms with van der Waals surface area (Å²) < 4.78 is 0. The maximum Gasteiger partial charge on any atom is 0.226 e. The van der Waals surface area contributed by atoms with E-state index in [2.05, 4.69) is 5.32 Å². The van der Waals surface area contributed by atoms with E-state index in [1.807, 2.05) is 13.8 Å². The van der Waals surface area contributed by atoms with Gasteiger partial charge in [-0.2, -0.15) is 0 Å². The fourth-order valence-electron chi connectivity index (χ4n) is 1.39. The number of rotatable bonds is 3. The highest BCUT2D eigenvalue weighted by Crippen LogP contribution is 2.40. The van der Waals surface area contributed by atoms with Gasteiger partial charge in [0.2, 0.25) is 5.91 Å². The van der Waals surface area contributed by atoms with Crippen LogP contribution in [0.1, 0.15) is 33.1 Å². The van der Waals surface area contributed by atoms with Crippen molar-refractivity contribution in [3.05, 3.63) is 0 Å². The van der Waals surface area contributed by atoms with Gasteiger partial charge < -0.3 is 11.1 Å². The lowest BCUT2D eigenvalue weighted by Crippen LogP contribution is -2.48. The van der Waals surface area contributed by atoms with E-state index in [-0.39, 0.29) is 17.4 Å². The molecule has 0 unspecified atom stereocenters. The molecule has 3 heteroatoms. The lowest BCUT2D eigenvalue weighted by molar-refractivity contribution is -0.135. The van der Waals surface area contributed by atoms with E-state index in [9.17, 15) is 4.79 Å². The smallest absolute Gasteiger partial charge is 0.226 e. The van der Waals surface area contributed by atoms with E-state index in [1.165, 1.54) is 6.42 Å². The van der Waals surface area contributed by atoms with Gasteiger partial charge >= 0.3 is 0 Å². The Morgan fingerprint density at radius 3 is 2.58 bits per heavy atom. The summed E-state index contributed by atoms with van der Waals surface area (Å²) in [5.41, 5.74) is 5.31. The minimum Gasteiger partial charge on any atom is -0.352 e. The van der Waals surface area contributed by atoms with Crippen LogP contribution >= 0.6 is 0 Å². The molecule has 1 saturated carbocycles. The van der Waals surface area contributed by atoms with Gasteiger partial charge in [-0.25, -0.2) is 0 Å². The van der Waals surface area contributed by atoms with E-state index < -0.39 is 0 Å². The molecule has 1 aliphatic carbocycles. The third-order valence-corrected chi connectivity index (χ3v) is 2.74. The van der Waals surface area contributed by atoms with Crippen LogP contribution in [0.2, 0.25) is 0 Å². The highest BCUT2D eigenvalue weighted by molar-refractivity contribution is 5.83. The number of carbonyl (C=O) groups is 1. The van der Waals surface area contributed by atoms with Crippen LogP contribution in [-0.4, -0.2) is 18.5 Å². The van der Waals surface area contributed by atoms with E-state index in [0.717, 1.165) is 12.8 Å². The summed E-state index contributed by atoms with van der Waals surface area (Å²) in [5, 5.41) is 2.91. The Balaban J connectivity index is 2.37. The molecule has 12 heavy (non-hydrogen) atoms. The Hall–Kier alpha value is -0.570. The van der Waals surface area contributed by atoms with Gasteiger partial charge in [-0.3, -0.25) is 4.79 Å². The molecule has 0 heterocycles. The van der Waals surface area contributed by atoms with Crippen LogP contribution in [0.25, 0.3) is 0 Å². The molecule has 0 spiro atoms. The van der Waals surface area contributed by atoms with Gasteiger partial charge in [0.15, 0.2) is 0 Å². The zero-order valence-corrected chi connectivity index (χ0v) is 7.89. The highest BCUT2D eigenvalue weighted by Gasteiger charge is 2.39. The SMILES string of the molecule is C[C@H](CN)NC(=O)C1(C)CCC1. The Kier molecular flexibility index (Phi) is 2.73. The molecule has 0 aliphatic heterocycles. The maximum atomic E-state index is 11.5. The number of hydrogen-bond donors (Lipinski definition) is 2. The van der Waals surface area contributed by atoms with Crippen LogP contribution in [0.4, 0.5) is 0 Å². The van der Waals surface area contributed by atoms with Crippen LogP contribution < -0.4 is 11.1 Å². The molecule has 70 valence electrons. The minimum absolute atomic E-state index is 0.0938.